The summed E-state index contributed by atoms with van der Waals surface area (Å²) in [4.78, 5) is 10.5. The summed E-state index contributed by atoms with van der Waals surface area (Å²) in [6.07, 6.45) is 17.1. The first-order chi connectivity index (χ1) is 8.77. The van der Waals surface area contributed by atoms with Gasteiger partial charge in [0.05, 0.1) is 6.61 Å². The van der Waals surface area contributed by atoms with Gasteiger partial charge in [0, 0.05) is 6.92 Å². The Morgan fingerprint density at radius 1 is 0.889 bits per heavy atom. The number of hydrogen-bond acceptors (Lipinski definition) is 2. The van der Waals surface area contributed by atoms with Crippen molar-refractivity contribution >= 4 is 5.97 Å². The van der Waals surface area contributed by atoms with Crippen molar-refractivity contribution in [3.05, 3.63) is 12.2 Å². The van der Waals surface area contributed by atoms with Gasteiger partial charge in [-0.3, -0.25) is 4.79 Å². The van der Waals surface area contributed by atoms with Crippen LogP contribution in [-0.4, -0.2) is 12.6 Å². The van der Waals surface area contributed by atoms with E-state index in [1.54, 1.807) is 0 Å². The summed E-state index contributed by atoms with van der Waals surface area (Å²) in [6, 6.07) is 0. The van der Waals surface area contributed by atoms with Gasteiger partial charge in [0.25, 0.3) is 0 Å². The minimum absolute atomic E-state index is 0.161. The summed E-state index contributed by atoms with van der Waals surface area (Å²) < 4.78 is 4.89. The van der Waals surface area contributed by atoms with Crippen molar-refractivity contribution in [1.82, 2.24) is 0 Å². The summed E-state index contributed by atoms with van der Waals surface area (Å²) in [6.45, 7) is 4.28. The van der Waals surface area contributed by atoms with Gasteiger partial charge in [-0.25, -0.2) is 0 Å². The van der Waals surface area contributed by atoms with E-state index in [1.807, 2.05) is 0 Å². The number of hydrogen-bond donors (Lipinski definition) is 0. The standard InChI is InChI=1S/C16H30O2/c1-3-4-5-6-7-8-9-10-11-12-13-14-15-18-16(2)17/h5-6H,3-4,7-15H2,1-2H3/b6-5+. The average Bonchev–Trinajstić information content (AvgIpc) is 2.34. The molecular formula is C16H30O2. The van der Waals surface area contributed by atoms with Gasteiger partial charge in [-0.2, -0.15) is 0 Å². The number of allylic oxidation sites excluding steroid dienone is 2. The molecule has 0 saturated carbocycles. The third-order valence-electron chi connectivity index (χ3n) is 2.94. The number of esters is 1. The number of carbonyl (C=O) groups excluding carboxylic acids is 1. The first-order valence-electron chi connectivity index (χ1n) is 7.55. The van der Waals surface area contributed by atoms with Crippen molar-refractivity contribution in [3.8, 4) is 0 Å². The highest BCUT2D eigenvalue weighted by Crippen LogP contribution is 2.09. The maximum absolute atomic E-state index is 10.5. The van der Waals surface area contributed by atoms with Crippen LogP contribution in [0.15, 0.2) is 12.2 Å². The molecule has 0 aromatic carbocycles. The average molecular weight is 254 g/mol. The Kier molecular flexibility index (Phi) is 13.6. The van der Waals surface area contributed by atoms with Crippen molar-refractivity contribution in [3.63, 3.8) is 0 Å². The van der Waals surface area contributed by atoms with Gasteiger partial charge in [-0.1, -0.05) is 57.6 Å². The maximum Gasteiger partial charge on any atom is 0.302 e. The molecule has 0 unspecified atom stereocenters. The van der Waals surface area contributed by atoms with Crippen molar-refractivity contribution < 1.29 is 9.53 Å². The van der Waals surface area contributed by atoms with Crippen LogP contribution in [-0.2, 0) is 9.53 Å². The minimum Gasteiger partial charge on any atom is -0.466 e. The molecule has 0 heterocycles. The lowest BCUT2D eigenvalue weighted by molar-refractivity contribution is -0.141. The van der Waals surface area contributed by atoms with E-state index in [0.717, 1.165) is 6.42 Å². The van der Waals surface area contributed by atoms with Crippen LogP contribution in [0.2, 0.25) is 0 Å². The molecule has 0 aromatic rings. The fourth-order valence-electron chi connectivity index (χ4n) is 1.87. The van der Waals surface area contributed by atoms with E-state index in [2.05, 4.69) is 19.1 Å². The lowest BCUT2D eigenvalue weighted by atomic mass is 10.1. The highest BCUT2D eigenvalue weighted by atomic mass is 16.5. The Labute approximate surface area is 113 Å². The van der Waals surface area contributed by atoms with Crippen LogP contribution in [0.1, 0.15) is 78.1 Å². The van der Waals surface area contributed by atoms with Crippen LogP contribution in [0.5, 0.6) is 0 Å². The smallest absolute Gasteiger partial charge is 0.302 e. The number of carbonyl (C=O) groups is 1. The van der Waals surface area contributed by atoms with Gasteiger partial charge < -0.3 is 4.74 Å². The van der Waals surface area contributed by atoms with Crippen LogP contribution in [0.25, 0.3) is 0 Å². The Bertz CT molecular complexity index is 209. The maximum atomic E-state index is 10.5. The molecule has 2 heteroatoms. The van der Waals surface area contributed by atoms with E-state index in [4.69, 9.17) is 4.74 Å². The van der Waals surface area contributed by atoms with Crippen LogP contribution < -0.4 is 0 Å². The Morgan fingerprint density at radius 2 is 1.44 bits per heavy atom. The third kappa shape index (κ3) is 15.2. The lowest BCUT2D eigenvalue weighted by Crippen LogP contribution is -1.99. The van der Waals surface area contributed by atoms with Crippen molar-refractivity contribution in [2.75, 3.05) is 6.61 Å². The monoisotopic (exact) mass is 254 g/mol. The van der Waals surface area contributed by atoms with Crippen molar-refractivity contribution in [2.45, 2.75) is 78.1 Å². The molecule has 0 radical (unpaired) electrons. The van der Waals surface area contributed by atoms with Gasteiger partial charge >= 0.3 is 5.97 Å². The predicted octanol–water partition coefficient (Wildman–Crippen LogP) is 5.03. The van der Waals surface area contributed by atoms with E-state index >= 15 is 0 Å². The fraction of sp³-hybridized carbons (Fsp3) is 0.812. The molecule has 0 N–H and O–H groups in total. The van der Waals surface area contributed by atoms with Crippen molar-refractivity contribution in [1.29, 1.82) is 0 Å². The Morgan fingerprint density at radius 3 is 2.06 bits per heavy atom. The molecule has 18 heavy (non-hydrogen) atoms. The van der Waals surface area contributed by atoms with Crippen LogP contribution in [0.4, 0.5) is 0 Å². The molecular weight excluding hydrogens is 224 g/mol. The SMILES string of the molecule is CCC/C=C/CCCCCCCCCOC(C)=O. The molecule has 0 atom stereocenters. The predicted molar refractivity (Wildman–Crippen MR) is 77.6 cm³/mol. The molecule has 0 amide bonds. The molecule has 0 saturated heterocycles. The molecule has 0 bridgehead atoms. The molecule has 2 nitrogen and oxygen atoms in total. The zero-order chi connectivity index (χ0) is 13.5. The molecule has 0 aliphatic heterocycles. The molecule has 0 aromatic heterocycles. The minimum atomic E-state index is -0.161. The number of unbranched alkanes of at least 4 members (excludes halogenated alkanes) is 8. The second-order valence-corrected chi connectivity index (χ2v) is 4.86. The largest absolute Gasteiger partial charge is 0.466 e. The molecule has 106 valence electrons. The first-order valence-corrected chi connectivity index (χ1v) is 7.55. The zero-order valence-corrected chi connectivity index (χ0v) is 12.2. The lowest BCUT2D eigenvalue weighted by Gasteiger charge is -2.02. The summed E-state index contributed by atoms with van der Waals surface area (Å²) >= 11 is 0. The quantitative estimate of drug-likeness (QED) is 0.277. The normalized spacial score (nSPS) is 11.0. The summed E-state index contributed by atoms with van der Waals surface area (Å²) in [5, 5.41) is 0. The highest BCUT2D eigenvalue weighted by Gasteiger charge is 1.94. The van der Waals surface area contributed by atoms with Gasteiger partial charge in [0.1, 0.15) is 0 Å². The third-order valence-corrected chi connectivity index (χ3v) is 2.94. The molecule has 0 rings (SSSR count). The topological polar surface area (TPSA) is 26.3 Å². The van der Waals surface area contributed by atoms with Crippen LogP contribution in [0.3, 0.4) is 0 Å². The highest BCUT2D eigenvalue weighted by molar-refractivity contribution is 5.65. The van der Waals surface area contributed by atoms with E-state index < -0.39 is 0 Å². The summed E-state index contributed by atoms with van der Waals surface area (Å²) in [7, 11) is 0. The second-order valence-electron chi connectivity index (χ2n) is 4.86. The van der Waals surface area contributed by atoms with Crippen LogP contribution >= 0.6 is 0 Å². The van der Waals surface area contributed by atoms with Gasteiger partial charge in [-0.15, -0.1) is 0 Å². The number of rotatable bonds is 12. The van der Waals surface area contributed by atoms with Gasteiger partial charge in [0.2, 0.25) is 0 Å². The van der Waals surface area contributed by atoms with E-state index in [0.29, 0.717) is 6.61 Å². The van der Waals surface area contributed by atoms with Crippen LogP contribution in [0, 0.1) is 0 Å². The second kappa shape index (κ2) is 14.3. The first kappa shape index (κ1) is 17.2. The van der Waals surface area contributed by atoms with E-state index in [-0.39, 0.29) is 5.97 Å². The Hall–Kier alpha value is -0.790. The van der Waals surface area contributed by atoms with E-state index in [9.17, 15) is 4.79 Å². The van der Waals surface area contributed by atoms with Crippen molar-refractivity contribution in [2.24, 2.45) is 0 Å². The molecule has 0 fully saturated rings. The zero-order valence-electron chi connectivity index (χ0n) is 12.2. The molecule has 0 spiro atoms. The Balaban J connectivity index is 3.01. The summed E-state index contributed by atoms with van der Waals surface area (Å²) in [5.74, 6) is -0.161. The van der Waals surface area contributed by atoms with E-state index in [1.165, 1.54) is 64.7 Å². The van der Waals surface area contributed by atoms with Gasteiger partial charge in [-0.05, 0) is 25.7 Å². The molecule has 0 aliphatic rings. The molecule has 0 aliphatic carbocycles. The number of ether oxygens (including phenoxy) is 1. The van der Waals surface area contributed by atoms with Gasteiger partial charge in [0.15, 0.2) is 0 Å². The fourth-order valence-corrected chi connectivity index (χ4v) is 1.87. The summed E-state index contributed by atoms with van der Waals surface area (Å²) in [5.41, 5.74) is 0.